The molecule has 0 aliphatic carbocycles. The predicted molar refractivity (Wildman–Crippen MR) is 114 cm³/mol. The van der Waals surface area contributed by atoms with Crippen LogP contribution in [0.4, 0.5) is 0 Å². The number of hydrogen-bond acceptors (Lipinski definition) is 3. The van der Waals surface area contributed by atoms with E-state index in [1.54, 1.807) is 18.2 Å². The van der Waals surface area contributed by atoms with Gasteiger partial charge in [-0.2, -0.15) is 0 Å². The summed E-state index contributed by atoms with van der Waals surface area (Å²) in [4.78, 5) is 12.8. The molecular weight excluding hydrogens is 472 g/mol. The Morgan fingerprint density at radius 1 is 0.852 bits per heavy atom. The summed E-state index contributed by atoms with van der Waals surface area (Å²) < 4.78 is 13.5. The highest BCUT2D eigenvalue weighted by Crippen LogP contribution is 2.24. The Morgan fingerprint density at radius 3 is 2.22 bits per heavy atom. The van der Waals surface area contributed by atoms with Gasteiger partial charge < -0.3 is 9.15 Å². The van der Waals surface area contributed by atoms with Gasteiger partial charge in [-0.05, 0) is 47.5 Å². The first-order valence-corrected chi connectivity index (χ1v) is 9.87. The van der Waals surface area contributed by atoms with E-state index in [4.69, 9.17) is 9.15 Å². The Balaban J connectivity index is 1.61. The molecule has 0 unspecified atom stereocenters. The molecule has 1 aromatic heterocycles. The third-order valence-electron chi connectivity index (χ3n) is 4.22. The van der Waals surface area contributed by atoms with E-state index < -0.39 is 0 Å². The van der Waals surface area contributed by atoms with Crippen LogP contribution in [0.25, 0.3) is 22.1 Å². The SMILES string of the molecule is O=c1c(-c2ccc(Br)cc2)coc2cc(OCc3ccc(Br)cc3)ccc12. The molecule has 0 saturated heterocycles. The maximum atomic E-state index is 12.8. The first-order chi connectivity index (χ1) is 13.1. The van der Waals surface area contributed by atoms with Gasteiger partial charge in [0.1, 0.15) is 24.2 Å². The van der Waals surface area contributed by atoms with Gasteiger partial charge in [0.25, 0.3) is 0 Å². The van der Waals surface area contributed by atoms with Crippen LogP contribution in [0.5, 0.6) is 5.75 Å². The normalized spacial score (nSPS) is 10.9. The van der Waals surface area contributed by atoms with E-state index in [0.29, 0.717) is 28.9 Å². The topological polar surface area (TPSA) is 39.4 Å². The van der Waals surface area contributed by atoms with E-state index in [1.807, 2.05) is 48.5 Å². The highest BCUT2D eigenvalue weighted by atomic mass is 79.9. The van der Waals surface area contributed by atoms with Crippen LogP contribution in [-0.2, 0) is 6.61 Å². The molecule has 0 bridgehead atoms. The zero-order valence-electron chi connectivity index (χ0n) is 14.1. The van der Waals surface area contributed by atoms with Crippen molar-refractivity contribution in [3.63, 3.8) is 0 Å². The number of rotatable bonds is 4. The van der Waals surface area contributed by atoms with Crippen LogP contribution in [0.2, 0.25) is 0 Å². The molecule has 4 aromatic rings. The summed E-state index contributed by atoms with van der Waals surface area (Å²) in [6.45, 7) is 0.444. The van der Waals surface area contributed by atoms with Crippen molar-refractivity contribution in [2.45, 2.75) is 6.61 Å². The molecule has 0 radical (unpaired) electrons. The Bertz CT molecular complexity index is 1150. The second kappa shape index (κ2) is 7.71. The van der Waals surface area contributed by atoms with Gasteiger partial charge in [-0.1, -0.05) is 56.1 Å². The summed E-state index contributed by atoms with van der Waals surface area (Å²) in [6, 6.07) is 20.8. The molecule has 134 valence electrons. The Morgan fingerprint density at radius 2 is 1.52 bits per heavy atom. The third-order valence-corrected chi connectivity index (χ3v) is 5.28. The molecule has 0 fully saturated rings. The van der Waals surface area contributed by atoms with E-state index in [-0.39, 0.29) is 5.43 Å². The zero-order valence-corrected chi connectivity index (χ0v) is 17.3. The van der Waals surface area contributed by atoms with Crippen LogP contribution in [0, 0.1) is 0 Å². The van der Waals surface area contributed by atoms with Crippen molar-refractivity contribution >= 4 is 42.8 Å². The predicted octanol–water partition coefficient (Wildman–Crippen LogP) is 6.56. The molecule has 0 atom stereocenters. The van der Waals surface area contributed by atoms with E-state index in [2.05, 4.69) is 31.9 Å². The van der Waals surface area contributed by atoms with Crippen molar-refractivity contribution in [3.05, 3.63) is 97.7 Å². The monoisotopic (exact) mass is 484 g/mol. The third kappa shape index (κ3) is 3.99. The lowest BCUT2D eigenvalue weighted by Gasteiger charge is -2.08. The number of benzene rings is 3. The first-order valence-electron chi connectivity index (χ1n) is 8.29. The molecule has 1 heterocycles. The van der Waals surface area contributed by atoms with E-state index in [0.717, 1.165) is 20.1 Å². The largest absolute Gasteiger partial charge is 0.489 e. The van der Waals surface area contributed by atoms with Gasteiger partial charge in [-0.15, -0.1) is 0 Å². The minimum Gasteiger partial charge on any atom is -0.489 e. The molecule has 0 aliphatic heterocycles. The highest BCUT2D eigenvalue weighted by Gasteiger charge is 2.10. The molecule has 5 heteroatoms. The Kier molecular flexibility index (Phi) is 5.14. The quantitative estimate of drug-likeness (QED) is 0.328. The summed E-state index contributed by atoms with van der Waals surface area (Å²) in [5, 5.41) is 0.534. The molecule has 0 N–H and O–H groups in total. The number of ether oxygens (including phenoxy) is 1. The van der Waals surface area contributed by atoms with Crippen LogP contribution in [0.15, 0.2) is 91.2 Å². The van der Waals surface area contributed by atoms with E-state index >= 15 is 0 Å². The number of halogens is 2. The van der Waals surface area contributed by atoms with Gasteiger partial charge in [-0.3, -0.25) is 4.79 Å². The fraction of sp³-hybridized carbons (Fsp3) is 0.0455. The van der Waals surface area contributed by atoms with Crippen LogP contribution >= 0.6 is 31.9 Å². The average molecular weight is 486 g/mol. The lowest BCUT2D eigenvalue weighted by atomic mass is 10.1. The Labute approximate surface area is 172 Å². The molecule has 0 spiro atoms. The Hall–Kier alpha value is -2.37. The standard InChI is InChI=1S/C22H14Br2O3/c23-16-5-1-14(2-6-16)12-26-18-9-10-19-21(11-18)27-13-20(22(19)25)15-3-7-17(24)8-4-15/h1-11,13H,12H2. The smallest absolute Gasteiger partial charge is 0.200 e. The lowest BCUT2D eigenvalue weighted by Crippen LogP contribution is -2.05. The second-order valence-corrected chi connectivity index (χ2v) is 7.89. The van der Waals surface area contributed by atoms with Gasteiger partial charge in [0.2, 0.25) is 0 Å². The summed E-state index contributed by atoms with van der Waals surface area (Å²) in [6.07, 6.45) is 1.51. The second-order valence-electron chi connectivity index (χ2n) is 6.06. The molecule has 3 aromatic carbocycles. The van der Waals surface area contributed by atoms with Crippen molar-refractivity contribution in [1.82, 2.24) is 0 Å². The van der Waals surface area contributed by atoms with Crippen LogP contribution in [0.1, 0.15) is 5.56 Å². The van der Waals surface area contributed by atoms with E-state index in [9.17, 15) is 4.79 Å². The maximum Gasteiger partial charge on any atom is 0.200 e. The van der Waals surface area contributed by atoms with Crippen molar-refractivity contribution in [3.8, 4) is 16.9 Å². The number of fused-ring (bicyclic) bond motifs is 1. The van der Waals surface area contributed by atoms with Gasteiger partial charge in [-0.25, -0.2) is 0 Å². The molecule has 0 aliphatic rings. The van der Waals surface area contributed by atoms with Gasteiger partial charge in [0.15, 0.2) is 5.43 Å². The van der Waals surface area contributed by atoms with Crippen molar-refractivity contribution in [1.29, 1.82) is 0 Å². The minimum atomic E-state index is -0.0574. The average Bonchev–Trinajstić information content (AvgIpc) is 2.69. The fourth-order valence-electron chi connectivity index (χ4n) is 2.77. The lowest BCUT2D eigenvalue weighted by molar-refractivity contribution is 0.306. The molecule has 3 nitrogen and oxygen atoms in total. The van der Waals surface area contributed by atoms with Crippen molar-refractivity contribution in [2.75, 3.05) is 0 Å². The molecular formula is C22H14Br2O3. The first kappa shape index (κ1) is 18.0. The van der Waals surface area contributed by atoms with Crippen molar-refractivity contribution < 1.29 is 9.15 Å². The van der Waals surface area contributed by atoms with Crippen LogP contribution in [0.3, 0.4) is 0 Å². The molecule has 0 saturated carbocycles. The van der Waals surface area contributed by atoms with Gasteiger partial charge in [0, 0.05) is 15.0 Å². The van der Waals surface area contributed by atoms with Crippen molar-refractivity contribution in [2.24, 2.45) is 0 Å². The summed E-state index contributed by atoms with van der Waals surface area (Å²) >= 11 is 6.82. The highest BCUT2D eigenvalue weighted by molar-refractivity contribution is 9.10. The maximum absolute atomic E-state index is 12.8. The van der Waals surface area contributed by atoms with Crippen LogP contribution in [-0.4, -0.2) is 0 Å². The molecule has 4 rings (SSSR count). The molecule has 0 amide bonds. The summed E-state index contributed by atoms with van der Waals surface area (Å²) in [5.74, 6) is 0.657. The van der Waals surface area contributed by atoms with Gasteiger partial charge in [0.05, 0.1) is 10.9 Å². The van der Waals surface area contributed by atoms with E-state index in [1.165, 1.54) is 6.26 Å². The number of hydrogen-bond donors (Lipinski definition) is 0. The van der Waals surface area contributed by atoms with Gasteiger partial charge >= 0.3 is 0 Å². The summed E-state index contributed by atoms with van der Waals surface area (Å²) in [7, 11) is 0. The summed E-state index contributed by atoms with van der Waals surface area (Å²) in [5.41, 5.74) is 2.88. The molecule has 27 heavy (non-hydrogen) atoms. The minimum absolute atomic E-state index is 0.0574. The fourth-order valence-corrected chi connectivity index (χ4v) is 3.30. The van der Waals surface area contributed by atoms with Crippen LogP contribution < -0.4 is 10.2 Å². The zero-order chi connectivity index (χ0) is 18.8.